The minimum absolute atomic E-state index is 0.944. The van der Waals surface area contributed by atoms with Gasteiger partial charge in [0.2, 0.25) is 0 Å². The third kappa shape index (κ3) is 1.01. The fourth-order valence-corrected chi connectivity index (χ4v) is 3.29. The molecule has 4 heterocycles. The van der Waals surface area contributed by atoms with Gasteiger partial charge in [0.25, 0.3) is 0 Å². The molecule has 0 spiro atoms. The van der Waals surface area contributed by atoms with E-state index in [2.05, 4.69) is 23.6 Å². The summed E-state index contributed by atoms with van der Waals surface area (Å²) in [6.45, 7) is 9.84. The summed E-state index contributed by atoms with van der Waals surface area (Å²) < 4.78 is 0. The fraction of sp³-hybridized carbons (Fsp3) is 0.818. The molecule has 0 aromatic heterocycles. The first-order chi connectivity index (χ1) is 6.24. The molecule has 2 nitrogen and oxygen atoms in total. The van der Waals surface area contributed by atoms with E-state index in [1.807, 2.05) is 0 Å². The normalized spacial score (nSPS) is 37.4. The quantitative estimate of drug-likeness (QED) is 0.554. The highest BCUT2D eigenvalue weighted by Gasteiger charge is 2.37. The summed E-state index contributed by atoms with van der Waals surface area (Å²) in [5, 5.41) is 0. The SMILES string of the molecule is CC1=C(C)N2CC3CC(CN1C3)C2. The first-order valence-electron chi connectivity index (χ1n) is 5.41. The van der Waals surface area contributed by atoms with Gasteiger partial charge in [-0.2, -0.15) is 0 Å². The van der Waals surface area contributed by atoms with Gasteiger partial charge in [-0.05, 0) is 32.1 Å². The lowest BCUT2D eigenvalue weighted by atomic mass is 9.85. The zero-order valence-electron chi connectivity index (χ0n) is 8.58. The average Bonchev–Trinajstić information content (AvgIpc) is 2.23. The van der Waals surface area contributed by atoms with Crippen LogP contribution in [0.3, 0.4) is 0 Å². The van der Waals surface area contributed by atoms with E-state index in [4.69, 9.17) is 0 Å². The van der Waals surface area contributed by atoms with Crippen molar-refractivity contribution in [1.82, 2.24) is 9.80 Å². The van der Waals surface area contributed by atoms with Gasteiger partial charge in [0.05, 0.1) is 0 Å². The van der Waals surface area contributed by atoms with Gasteiger partial charge in [0.15, 0.2) is 0 Å². The number of nitrogens with zero attached hydrogens (tertiary/aromatic N) is 2. The van der Waals surface area contributed by atoms with Crippen LogP contribution < -0.4 is 0 Å². The highest BCUT2D eigenvalue weighted by atomic mass is 15.3. The van der Waals surface area contributed by atoms with E-state index in [1.54, 1.807) is 0 Å². The maximum atomic E-state index is 2.61. The first kappa shape index (κ1) is 7.72. The Labute approximate surface area is 80.2 Å². The Kier molecular flexibility index (Phi) is 1.44. The lowest BCUT2D eigenvalue weighted by molar-refractivity contribution is 0.0883. The van der Waals surface area contributed by atoms with E-state index in [0.717, 1.165) is 11.8 Å². The van der Waals surface area contributed by atoms with Crippen LogP contribution in [0.4, 0.5) is 0 Å². The second kappa shape index (κ2) is 2.43. The Morgan fingerprint density at radius 1 is 0.846 bits per heavy atom. The standard InChI is InChI=1S/C11H18N2/c1-8-9(2)13-6-10-3-11(7-13)5-12(8)4-10/h10-11H,3-7H2,1-2H3. The number of rotatable bonds is 0. The third-order valence-electron chi connectivity index (χ3n) is 4.05. The molecule has 72 valence electrons. The smallest absolute Gasteiger partial charge is 0.0293 e. The molecule has 0 unspecified atom stereocenters. The summed E-state index contributed by atoms with van der Waals surface area (Å²) in [6.07, 6.45) is 1.48. The van der Waals surface area contributed by atoms with E-state index in [1.165, 1.54) is 44.0 Å². The van der Waals surface area contributed by atoms with E-state index in [-0.39, 0.29) is 0 Å². The number of hydrogen-bond acceptors (Lipinski definition) is 2. The van der Waals surface area contributed by atoms with Crippen LogP contribution in [0.15, 0.2) is 11.4 Å². The second-order valence-corrected chi connectivity index (χ2v) is 4.95. The minimum Gasteiger partial charge on any atom is -0.373 e. The maximum Gasteiger partial charge on any atom is 0.0293 e. The van der Waals surface area contributed by atoms with Crippen molar-refractivity contribution in [3.63, 3.8) is 0 Å². The van der Waals surface area contributed by atoms with E-state index < -0.39 is 0 Å². The summed E-state index contributed by atoms with van der Waals surface area (Å²) in [5.41, 5.74) is 3.06. The zero-order valence-corrected chi connectivity index (χ0v) is 8.58. The molecule has 0 aromatic rings. The molecular formula is C11H18N2. The molecule has 2 fully saturated rings. The van der Waals surface area contributed by atoms with Gasteiger partial charge in [-0.3, -0.25) is 0 Å². The van der Waals surface area contributed by atoms with Crippen molar-refractivity contribution in [3.8, 4) is 0 Å². The lowest BCUT2D eigenvalue weighted by Crippen LogP contribution is -2.47. The molecule has 0 N–H and O–H groups in total. The minimum atomic E-state index is 0.944. The fourth-order valence-electron chi connectivity index (χ4n) is 3.29. The maximum absolute atomic E-state index is 2.61. The zero-order chi connectivity index (χ0) is 9.00. The van der Waals surface area contributed by atoms with E-state index >= 15 is 0 Å². The van der Waals surface area contributed by atoms with Crippen LogP contribution in [0.25, 0.3) is 0 Å². The number of allylic oxidation sites excluding steroid dienone is 2. The summed E-state index contributed by atoms with van der Waals surface area (Å²) in [5.74, 6) is 1.89. The predicted molar refractivity (Wildman–Crippen MR) is 53.1 cm³/mol. The molecule has 2 saturated heterocycles. The van der Waals surface area contributed by atoms with Crippen LogP contribution in [0.5, 0.6) is 0 Å². The van der Waals surface area contributed by atoms with Crippen LogP contribution in [0.1, 0.15) is 20.3 Å². The largest absolute Gasteiger partial charge is 0.373 e. The Morgan fingerprint density at radius 2 is 1.23 bits per heavy atom. The van der Waals surface area contributed by atoms with E-state index in [9.17, 15) is 0 Å². The van der Waals surface area contributed by atoms with Crippen molar-refractivity contribution in [3.05, 3.63) is 11.4 Å². The highest BCUT2D eigenvalue weighted by Crippen LogP contribution is 2.36. The molecule has 0 amide bonds. The molecule has 2 heteroatoms. The lowest BCUT2D eigenvalue weighted by Gasteiger charge is -2.42. The van der Waals surface area contributed by atoms with Gasteiger partial charge < -0.3 is 9.80 Å². The predicted octanol–water partition coefficient (Wildman–Crippen LogP) is 1.51. The molecule has 4 bridgehead atoms. The van der Waals surface area contributed by atoms with Gasteiger partial charge in [0, 0.05) is 37.6 Å². The Balaban J connectivity index is 2.03. The molecule has 4 aliphatic heterocycles. The van der Waals surface area contributed by atoms with Crippen LogP contribution in [-0.4, -0.2) is 36.0 Å². The molecule has 0 atom stereocenters. The third-order valence-corrected chi connectivity index (χ3v) is 4.05. The summed E-state index contributed by atoms with van der Waals surface area (Å²) in [7, 11) is 0. The molecular weight excluding hydrogens is 160 g/mol. The molecule has 4 rings (SSSR count). The first-order valence-corrected chi connectivity index (χ1v) is 5.41. The van der Waals surface area contributed by atoms with Gasteiger partial charge >= 0.3 is 0 Å². The Morgan fingerprint density at radius 3 is 1.62 bits per heavy atom. The number of piperidine rings is 2. The molecule has 4 aliphatic rings. The van der Waals surface area contributed by atoms with Crippen molar-refractivity contribution >= 4 is 0 Å². The van der Waals surface area contributed by atoms with Crippen molar-refractivity contribution in [2.45, 2.75) is 20.3 Å². The van der Waals surface area contributed by atoms with Crippen LogP contribution in [-0.2, 0) is 0 Å². The van der Waals surface area contributed by atoms with Gasteiger partial charge in [-0.15, -0.1) is 0 Å². The van der Waals surface area contributed by atoms with Crippen molar-refractivity contribution in [2.75, 3.05) is 26.2 Å². The van der Waals surface area contributed by atoms with Crippen molar-refractivity contribution in [1.29, 1.82) is 0 Å². The van der Waals surface area contributed by atoms with Gasteiger partial charge in [-0.1, -0.05) is 0 Å². The van der Waals surface area contributed by atoms with Crippen molar-refractivity contribution in [2.24, 2.45) is 11.8 Å². The Hall–Kier alpha value is -0.660. The molecule has 0 aromatic carbocycles. The molecule has 0 aliphatic carbocycles. The summed E-state index contributed by atoms with van der Waals surface area (Å²) >= 11 is 0. The second-order valence-electron chi connectivity index (χ2n) is 4.95. The van der Waals surface area contributed by atoms with Crippen LogP contribution in [0.2, 0.25) is 0 Å². The van der Waals surface area contributed by atoms with Gasteiger partial charge in [-0.25, -0.2) is 0 Å². The molecule has 13 heavy (non-hydrogen) atoms. The highest BCUT2D eigenvalue weighted by molar-refractivity contribution is 5.15. The molecule has 0 radical (unpaired) electrons. The summed E-state index contributed by atoms with van der Waals surface area (Å²) in [6, 6.07) is 0. The monoisotopic (exact) mass is 178 g/mol. The van der Waals surface area contributed by atoms with Crippen LogP contribution >= 0.6 is 0 Å². The molecule has 0 saturated carbocycles. The van der Waals surface area contributed by atoms with Crippen molar-refractivity contribution < 1.29 is 0 Å². The average molecular weight is 178 g/mol. The van der Waals surface area contributed by atoms with Gasteiger partial charge in [0.1, 0.15) is 0 Å². The topological polar surface area (TPSA) is 6.48 Å². The summed E-state index contributed by atoms with van der Waals surface area (Å²) in [4.78, 5) is 5.22. The number of hydrogen-bond donors (Lipinski definition) is 0. The van der Waals surface area contributed by atoms with E-state index in [0.29, 0.717) is 0 Å². The Bertz CT molecular complexity index is 231. The van der Waals surface area contributed by atoms with Crippen LogP contribution in [0, 0.1) is 11.8 Å².